The second kappa shape index (κ2) is 11.3. The number of aliphatic imine (C=N–C) groups is 1. The van der Waals surface area contributed by atoms with Crippen LogP contribution in [0.4, 0.5) is 0 Å². The van der Waals surface area contributed by atoms with Gasteiger partial charge in [-0.15, -0.1) is 0 Å². The van der Waals surface area contributed by atoms with Crippen LogP contribution in [0.2, 0.25) is 0 Å². The van der Waals surface area contributed by atoms with Gasteiger partial charge in [-0.25, -0.2) is 9.79 Å². The van der Waals surface area contributed by atoms with Gasteiger partial charge in [0.25, 0.3) is 5.91 Å². The van der Waals surface area contributed by atoms with Crippen LogP contribution in [0.1, 0.15) is 43.6 Å². The van der Waals surface area contributed by atoms with Gasteiger partial charge >= 0.3 is 5.97 Å². The van der Waals surface area contributed by atoms with Crippen LogP contribution in [0.5, 0.6) is 0 Å². The van der Waals surface area contributed by atoms with E-state index in [1.165, 1.54) is 6.92 Å². The standard InChI is InChI=1S/C23H32N4O8/c1-11(29)25-17-14(9-16(21(33)34)35-19(17)18(31)15(30)10-28)26-22(24)27-20(32)12-5-7-13(8-6-12)23(2,3)4/h5-9,14-15,17-19,28,30-31H,10H2,1-4H3,(H,25,29)(H,33,34)(H3,24,26,27,32)/t14-,15+,17+,18+,19+/m0/s1. The lowest BCUT2D eigenvalue weighted by Gasteiger charge is -2.38. The number of carbonyl (C=O) groups excluding carboxylic acids is 2. The van der Waals surface area contributed by atoms with Crippen LogP contribution < -0.4 is 16.4 Å². The van der Waals surface area contributed by atoms with E-state index in [2.05, 4.69) is 15.6 Å². The highest BCUT2D eigenvalue weighted by Gasteiger charge is 2.43. The molecule has 12 nitrogen and oxygen atoms in total. The van der Waals surface area contributed by atoms with Gasteiger partial charge in [0.2, 0.25) is 11.7 Å². The maximum atomic E-state index is 12.6. The van der Waals surface area contributed by atoms with Crippen molar-refractivity contribution in [3.05, 3.63) is 47.2 Å². The number of hydrogen-bond acceptors (Lipinski definition) is 8. The van der Waals surface area contributed by atoms with Gasteiger partial charge in [-0.05, 0) is 29.2 Å². The van der Waals surface area contributed by atoms with E-state index in [1.54, 1.807) is 12.1 Å². The summed E-state index contributed by atoms with van der Waals surface area (Å²) in [5, 5.41) is 43.7. The van der Waals surface area contributed by atoms with Crippen LogP contribution in [-0.4, -0.2) is 81.2 Å². The molecule has 1 heterocycles. The predicted molar refractivity (Wildman–Crippen MR) is 125 cm³/mol. The Morgan fingerprint density at radius 1 is 1.17 bits per heavy atom. The monoisotopic (exact) mass is 492 g/mol. The maximum absolute atomic E-state index is 12.6. The van der Waals surface area contributed by atoms with Crippen molar-refractivity contribution in [3.8, 4) is 0 Å². The minimum Gasteiger partial charge on any atom is -0.478 e. The average Bonchev–Trinajstić information content (AvgIpc) is 2.77. The second-order valence-corrected chi connectivity index (χ2v) is 9.17. The van der Waals surface area contributed by atoms with Crippen molar-refractivity contribution in [2.45, 2.75) is 63.5 Å². The number of aliphatic carboxylic acids is 1. The van der Waals surface area contributed by atoms with E-state index in [9.17, 15) is 34.8 Å². The minimum atomic E-state index is -1.78. The first-order valence-electron chi connectivity index (χ1n) is 10.9. The molecule has 0 saturated carbocycles. The lowest BCUT2D eigenvalue weighted by Crippen LogP contribution is -2.60. The van der Waals surface area contributed by atoms with E-state index < -0.39 is 60.5 Å². The zero-order valence-corrected chi connectivity index (χ0v) is 19.9. The van der Waals surface area contributed by atoms with Gasteiger partial charge in [0.15, 0.2) is 5.96 Å². The molecule has 0 spiro atoms. The quantitative estimate of drug-likeness (QED) is 0.184. The molecule has 0 radical (unpaired) electrons. The molecule has 5 atom stereocenters. The number of carboxylic acids is 1. The molecule has 0 saturated heterocycles. The summed E-state index contributed by atoms with van der Waals surface area (Å²) in [5.74, 6) is -3.63. The number of amides is 2. The van der Waals surface area contributed by atoms with Crippen molar-refractivity contribution in [2.24, 2.45) is 10.7 Å². The fourth-order valence-corrected chi connectivity index (χ4v) is 3.47. The van der Waals surface area contributed by atoms with Crippen LogP contribution in [0.15, 0.2) is 41.1 Å². The maximum Gasteiger partial charge on any atom is 0.370 e. The Morgan fingerprint density at radius 2 is 1.77 bits per heavy atom. The van der Waals surface area contributed by atoms with Gasteiger partial charge in [0.05, 0.1) is 18.7 Å². The van der Waals surface area contributed by atoms with Crippen LogP contribution in [0.3, 0.4) is 0 Å². The molecular weight excluding hydrogens is 460 g/mol. The SMILES string of the molecule is CC(=O)N[C@H]1[C@H]([C@H](O)[C@H](O)CO)OC(C(=O)O)=C[C@@H]1N=C(N)NC(=O)c1ccc(C(C)(C)C)cc1. The van der Waals surface area contributed by atoms with Gasteiger partial charge in [-0.2, -0.15) is 0 Å². The van der Waals surface area contributed by atoms with E-state index in [4.69, 9.17) is 10.5 Å². The molecule has 0 unspecified atom stereocenters. The Bertz CT molecular complexity index is 1000. The summed E-state index contributed by atoms with van der Waals surface area (Å²) < 4.78 is 5.28. The zero-order chi connectivity index (χ0) is 26.5. The Kier molecular flexibility index (Phi) is 8.96. The van der Waals surface area contributed by atoms with Crippen molar-refractivity contribution in [2.75, 3.05) is 6.61 Å². The van der Waals surface area contributed by atoms with Gasteiger partial charge in [-0.1, -0.05) is 32.9 Å². The van der Waals surface area contributed by atoms with Gasteiger partial charge in [-0.3, -0.25) is 14.9 Å². The number of rotatable bonds is 7. The van der Waals surface area contributed by atoms with Crippen LogP contribution >= 0.6 is 0 Å². The third-order valence-corrected chi connectivity index (χ3v) is 5.35. The molecule has 1 aliphatic rings. The molecule has 35 heavy (non-hydrogen) atoms. The summed E-state index contributed by atoms with van der Waals surface area (Å²) in [7, 11) is 0. The fourth-order valence-electron chi connectivity index (χ4n) is 3.47. The molecule has 8 N–H and O–H groups in total. The largest absolute Gasteiger partial charge is 0.478 e. The number of hydrogen-bond donors (Lipinski definition) is 7. The highest BCUT2D eigenvalue weighted by Crippen LogP contribution is 2.25. The first-order valence-corrected chi connectivity index (χ1v) is 10.9. The molecule has 12 heteroatoms. The summed E-state index contributed by atoms with van der Waals surface area (Å²) in [5.41, 5.74) is 7.13. The Labute approximate surface area is 202 Å². The third kappa shape index (κ3) is 7.25. The number of guanidine groups is 1. The van der Waals surface area contributed by atoms with Crippen molar-refractivity contribution < 1.29 is 39.5 Å². The van der Waals surface area contributed by atoms with Crippen molar-refractivity contribution >= 4 is 23.7 Å². The number of aliphatic hydroxyl groups excluding tert-OH is 3. The summed E-state index contributed by atoms with van der Waals surface area (Å²) in [6.07, 6.45) is -3.93. The van der Waals surface area contributed by atoms with E-state index in [0.29, 0.717) is 5.56 Å². The normalized spacial score (nSPS) is 22.3. The molecule has 2 rings (SSSR count). The molecule has 1 aliphatic heterocycles. The summed E-state index contributed by atoms with van der Waals surface area (Å²) in [4.78, 5) is 40.1. The molecule has 1 aromatic rings. The zero-order valence-electron chi connectivity index (χ0n) is 19.9. The minimum absolute atomic E-state index is 0.101. The predicted octanol–water partition coefficient (Wildman–Crippen LogP) is -1.02. The van der Waals surface area contributed by atoms with Gasteiger partial charge in [0.1, 0.15) is 18.3 Å². The van der Waals surface area contributed by atoms with Crippen LogP contribution in [-0.2, 0) is 19.7 Å². The second-order valence-electron chi connectivity index (χ2n) is 9.17. The Balaban J connectivity index is 2.34. The smallest absolute Gasteiger partial charge is 0.370 e. The lowest BCUT2D eigenvalue weighted by atomic mass is 9.87. The Morgan fingerprint density at radius 3 is 2.26 bits per heavy atom. The summed E-state index contributed by atoms with van der Waals surface area (Å²) >= 11 is 0. The number of nitrogens with two attached hydrogens (primary N) is 1. The lowest BCUT2D eigenvalue weighted by molar-refractivity contribution is -0.145. The topological polar surface area (TPSA) is 204 Å². The molecule has 0 aromatic heterocycles. The van der Waals surface area contributed by atoms with Crippen molar-refractivity contribution in [3.63, 3.8) is 0 Å². The molecule has 2 amide bonds. The van der Waals surface area contributed by atoms with Crippen LogP contribution in [0, 0.1) is 0 Å². The highest BCUT2D eigenvalue weighted by molar-refractivity contribution is 6.05. The van der Waals surface area contributed by atoms with Crippen molar-refractivity contribution in [1.29, 1.82) is 0 Å². The molecule has 0 bridgehead atoms. The van der Waals surface area contributed by atoms with E-state index in [-0.39, 0.29) is 11.4 Å². The van der Waals surface area contributed by atoms with Crippen LogP contribution in [0.25, 0.3) is 0 Å². The third-order valence-electron chi connectivity index (χ3n) is 5.35. The summed E-state index contributed by atoms with van der Waals surface area (Å²) in [6.45, 7) is 6.44. The first kappa shape index (κ1) is 27.8. The number of nitrogens with zero attached hydrogens (tertiary/aromatic N) is 1. The number of aliphatic hydroxyl groups is 3. The highest BCUT2D eigenvalue weighted by atomic mass is 16.5. The number of ether oxygens (including phenoxy) is 1. The van der Waals surface area contributed by atoms with E-state index in [0.717, 1.165) is 11.6 Å². The molecule has 0 fully saturated rings. The van der Waals surface area contributed by atoms with Crippen molar-refractivity contribution in [1.82, 2.24) is 10.6 Å². The number of nitrogens with one attached hydrogen (secondary N) is 2. The first-order chi connectivity index (χ1) is 16.2. The van der Waals surface area contributed by atoms with Gasteiger partial charge < -0.3 is 36.2 Å². The molecule has 192 valence electrons. The van der Waals surface area contributed by atoms with Gasteiger partial charge in [0, 0.05) is 12.5 Å². The molecule has 1 aromatic carbocycles. The molecule has 0 aliphatic carbocycles. The number of carboxylic acid groups (broad SMARTS) is 1. The average molecular weight is 493 g/mol. The fraction of sp³-hybridized carbons (Fsp3) is 0.478. The van der Waals surface area contributed by atoms with E-state index >= 15 is 0 Å². The Hall–Kier alpha value is -3.48. The van der Waals surface area contributed by atoms with E-state index in [1.807, 2.05) is 32.9 Å². The molecular formula is C23H32N4O8. The summed E-state index contributed by atoms with van der Waals surface area (Å²) in [6, 6.07) is 4.49. The number of benzene rings is 1. The number of carbonyl (C=O) groups is 3.